The molecule has 1 N–H and O–H groups in total. The van der Waals surface area contributed by atoms with Crippen LogP contribution in [-0.4, -0.2) is 23.6 Å². The molecule has 1 amide bonds. The summed E-state index contributed by atoms with van der Waals surface area (Å²) in [5.74, 6) is 0.711. The van der Waals surface area contributed by atoms with Crippen LogP contribution in [0.2, 0.25) is 0 Å². The number of nitrogens with one attached hydrogen (secondary N) is 1. The molecule has 3 heterocycles. The minimum absolute atomic E-state index is 0.00531. The van der Waals surface area contributed by atoms with E-state index in [2.05, 4.69) is 10.3 Å². The summed E-state index contributed by atoms with van der Waals surface area (Å²) in [5, 5.41) is 4.54. The van der Waals surface area contributed by atoms with E-state index in [1.807, 2.05) is 17.5 Å². The molecule has 10 heteroatoms. The summed E-state index contributed by atoms with van der Waals surface area (Å²) in [7, 11) is -3.88. The van der Waals surface area contributed by atoms with Crippen molar-refractivity contribution in [1.82, 2.24) is 9.29 Å². The van der Waals surface area contributed by atoms with Gasteiger partial charge in [-0.1, -0.05) is 6.07 Å². The van der Waals surface area contributed by atoms with Gasteiger partial charge in [-0.3, -0.25) is 4.79 Å². The maximum atomic E-state index is 13.4. The van der Waals surface area contributed by atoms with Crippen LogP contribution in [0.5, 0.6) is 0 Å². The lowest BCUT2D eigenvalue weighted by molar-refractivity contribution is -0.114. The molecule has 0 unspecified atom stereocenters. The smallest absolute Gasteiger partial charge is 0.243 e. The van der Waals surface area contributed by atoms with Gasteiger partial charge in [0, 0.05) is 12.6 Å². The Morgan fingerprint density at radius 3 is 2.55 bits per heavy atom. The van der Waals surface area contributed by atoms with Gasteiger partial charge >= 0.3 is 0 Å². The minimum Gasteiger partial charge on any atom is -0.468 e. The largest absolute Gasteiger partial charge is 0.468 e. The van der Waals surface area contributed by atoms with Crippen molar-refractivity contribution in [1.29, 1.82) is 0 Å². The van der Waals surface area contributed by atoms with Crippen molar-refractivity contribution in [2.75, 3.05) is 5.32 Å². The number of carbonyl (C=O) groups excluding carboxylic acids is 1. The van der Waals surface area contributed by atoms with E-state index in [0.29, 0.717) is 23.0 Å². The van der Waals surface area contributed by atoms with E-state index in [0.717, 1.165) is 4.88 Å². The van der Waals surface area contributed by atoms with Crippen LogP contribution < -0.4 is 5.32 Å². The van der Waals surface area contributed by atoms with Crippen LogP contribution in [0.3, 0.4) is 0 Å². The quantitative estimate of drug-likeness (QED) is 0.422. The molecule has 31 heavy (non-hydrogen) atoms. The SMILES string of the molecule is CC(=O)Nc1ccc(S(=O)(=O)N(Cc2coc(-c3cccs3)n2)Cc2ccco2)cc1. The fraction of sp³-hybridized carbons (Fsp3) is 0.143. The summed E-state index contributed by atoms with van der Waals surface area (Å²) in [6.45, 7) is 1.42. The number of anilines is 1. The Bertz CT molecular complexity index is 1240. The van der Waals surface area contributed by atoms with Crippen LogP contribution in [0.25, 0.3) is 10.8 Å². The van der Waals surface area contributed by atoms with Gasteiger partial charge in [-0.2, -0.15) is 4.31 Å². The molecule has 0 bridgehead atoms. The van der Waals surface area contributed by atoms with Gasteiger partial charge in [-0.15, -0.1) is 11.3 Å². The van der Waals surface area contributed by atoms with Gasteiger partial charge in [-0.05, 0) is 47.8 Å². The first kappa shape index (κ1) is 21.0. The van der Waals surface area contributed by atoms with E-state index >= 15 is 0 Å². The Morgan fingerprint density at radius 1 is 1.10 bits per heavy atom. The number of sulfonamides is 1. The first-order chi connectivity index (χ1) is 14.9. The van der Waals surface area contributed by atoms with Crippen LogP contribution in [0, 0.1) is 0 Å². The molecule has 0 atom stereocenters. The minimum atomic E-state index is -3.88. The van der Waals surface area contributed by atoms with Crippen molar-refractivity contribution >= 4 is 33.0 Å². The van der Waals surface area contributed by atoms with Crippen LogP contribution in [0.4, 0.5) is 5.69 Å². The van der Waals surface area contributed by atoms with Crippen molar-refractivity contribution in [3.8, 4) is 10.8 Å². The normalized spacial score (nSPS) is 11.7. The standard InChI is InChI=1S/C21H19N3O5S2/c1-15(25)22-16-6-8-19(9-7-16)31(26,27)24(13-18-4-2-10-28-18)12-17-14-29-21(23-17)20-5-3-11-30-20/h2-11,14H,12-13H2,1H3,(H,22,25). The van der Waals surface area contributed by atoms with E-state index in [4.69, 9.17) is 8.83 Å². The highest BCUT2D eigenvalue weighted by molar-refractivity contribution is 7.89. The molecule has 0 fully saturated rings. The molecule has 0 aliphatic rings. The van der Waals surface area contributed by atoms with E-state index in [9.17, 15) is 13.2 Å². The van der Waals surface area contributed by atoms with Gasteiger partial charge in [0.25, 0.3) is 0 Å². The van der Waals surface area contributed by atoms with Gasteiger partial charge in [-0.25, -0.2) is 13.4 Å². The Kier molecular flexibility index (Phi) is 6.03. The number of nitrogens with zero attached hydrogens (tertiary/aromatic N) is 2. The number of hydrogen-bond donors (Lipinski definition) is 1. The topological polar surface area (TPSA) is 106 Å². The Balaban J connectivity index is 1.61. The summed E-state index contributed by atoms with van der Waals surface area (Å²) in [6, 6.07) is 13.2. The number of benzene rings is 1. The van der Waals surface area contributed by atoms with Crippen molar-refractivity contribution in [2.24, 2.45) is 0 Å². The van der Waals surface area contributed by atoms with Crippen molar-refractivity contribution in [3.05, 3.63) is 77.9 Å². The number of furan rings is 1. The molecule has 0 spiro atoms. The van der Waals surface area contributed by atoms with Gasteiger partial charge < -0.3 is 14.2 Å². The average Bonchev–Trinajstić information content (AvgIpc) is 3.50. The molecular formula is C21H19N3O5S2. The zero-order chi connectivity index (χ0) is 21.8. The molecular weight excluding hydrogens is 438 g/mol. The fourth-order valence-electron chi connectivity index (χ4n) is 2.94. The van der Waals surface area contributed by atoms with Crippen LogP contribution in [0.15, 0.2) is 80.2 Å². The lowest BCUT2D eigenvalue weighted by atomic mass is 10.3. The van der Waals surface area contributed by atoms with E-state index < -0.39 is 10.0 Å². The molecule has 160 valence electrons. The Hall–Kier alpha value is -3.21. The third kappa shape index (κ3) is 4.93. The summed E-state index contributed by atoms with van der Waals surface area (Å²) in [6.07, 6.45) is 2.95. The molecule has 0 aliphatic heterocycles. The van der Waals surface area contributed by atoms with Crippen molar-refractivity contribution in [3.63, 3.8) is 0 Å². The summed E-state index contributed by atoms with van der Waals surface area (Å²) in [4.78, 5) is 16.6. The zero-order valence-corrected chi connectivity index (χ0v) is 18.2. The first-order valence-corrected chi connectivity index (χ1v) is 11.6. The van der Waals surface area contributed by atoms with Crippen molar-refractivity contribution < 1.29 is 22.0 Å². The lowest BCUT2D eigenvalue weighted by Crippen LogP contribution is -2.30. The first-order valence-electron chi connectivity index (χ1n) is 9.30. The van der Waals surface area contributed by atoms with Gasteiger partial charge in [0.1, 0.15) is 12.0 Å². The van der Waals surface area contributed by atoms with E-state index in [-0.39, 0.29) is 23.9 Å². The molecule has 0 radical (unpaired) electrons. The molecule has 0 saturated carbocycles. The average molecular weight is 458 g/mol. The number of hydrogen-bond acceptors (Lipinski definition) is 7. The maximum Gasteiger partial charge on any atom is 0.243 e. The predicted molar refractivity (Wildman–Crippen MR) is 116 cm³/mol. The van der Waals surface area contributed by atoms with E-state index in [1.54, 1.807) is 24.3 Å². The van der Waals surface area contributed by atoms with Gasteiger partial charge in [0.05, 0.1) is 34.8 Å². The molecule has 1 aromatic carbocycles. The van der Waals surface area contributed by atoms with Crippen LogP contribution >= 0.6 is 11.3 Å². The third-order valence-electron chi connectivity index (χ3n) is 4.35. The number of carbonyl (C=O) groups is 1. The van der Waals surface area contributed by atoms with Crippen LogP contribution in [0.1, 0.15) is 18.4 Å². The molecule has 0 saturated heterocycles. The monoisotopic (exact) mass is 457 g/mol. The molecule has 4 aromatic rings. The number of oxazole rings is 1. The Labute approximate surface area is 183 Å². The second-order valence-electron chi connectivity index (χ2n) is 6.68. The number of rotatable bonds is 8. The summed E-state index contributed by atoms with van der Waals surface area (Å²) < 4.78 is 38.9. The van der Waals surface area contributed by atoms with Gasteiger partial charge in [0.15, 0.2) is 0 Å². The second kappa shape index (κ2) is 8.88. The van der Waals surface area contributed by atoms with E-state index in [1.165, 1.54) is 47.2 Å². The van der Waals surface area contributed by atoms with Crippen molar-refractivity contribution in [2.45, 2.75) is 24.9 Å². The lowest BCUT2D eigenvalue weighted by Gasteiger charge is -2.20. The number of aromatic nitrogens is 1. The number of thiophene rings is 1. The highest BCUT2D eigenvalue weighted by Crippen LogP contribution is 2.26. The summed E-state index contributed by atoms with van der Waals surface area (Å²) >= 11 is 1.49. The fourth-order valence-corrected chi connectivity index (χ4v) is 4.97. The summed E-state index contributed by atoms with van der Waals surface area (Å²) in [5.41, 5.74) is 0.995. The predicted octanol–water partition coefficient (Wildman–Crippen LogP) is 4.35. The molecule has 8 nitrogen and oxygen atoms in total. The molecule has 3 aromatic heterocycles. The third-order valence-corrected chi connectivity index (χ3v) is 7.01. The number of amides is 1. The highest BCUT2D eigenvalue weighted by Gasteiger charge is 2.27. The molecule has 0 aliphatic carbocycles. The zero-order valence-electron chi connectivity index (χ0n) is 16.5. The van der Waals surface area contributed by atoms with Gasteiger partial charge in [0.2, 0.25) is 21.8 Å². The van der Waals surface area contributed by atoms with Crippen LogP contribution in [-0.2, 0) is 27.9 Å². The maximum absolute atomic E-state index is 13.4. The molecule has 4 rings (SSSR count). The Morgan fingerprint density at radius 2 is 1.90 bits per heavy atom. The second-order valence-corrected chi connectivity index (χ2v) is 9.56. The highest BCUT2D eigenvalue weighted by atomic mass is 32.2.